The predicted octanol–water partition coefficient (Wildman–Crippen LogP) is 5.92. The van der Waals surface area contributed by atoms with E-state index >= 15 is 0 Å². The van der Waals surface area contributed by atoms with E-state index in [1.165, 1.54) is 12.1 Å². The van der Waals surface area contributed by atoms with Gasteiger partial charge in [0.05, 0.1) is 28.2 Å². The number of primary amides is 1. The Morgan fingerprint density at radius 3 is 2.60 bits per heavy atom. The summed E-state index contributed by atoms with van der Waals surface area (Å²) in [7, 11) is 1.67. The molecular weight excluding hydrogens is 644 g/mol. The number of hydrogen-bond donors (Lipinski definition) is 2. The van der Waals surface area contributed by atoms with Crippen molar-refractivity contribution in [2.24, 2.45) is 11.7 Å². The summed E-state index contributed by atoms with van der Waals surface area (Å²) in [6.07, 6.45) is 8.11. The van der Waals surface area contributed by atoms with Crippen molar-refractivity contribution in [3.05, 3.63) is 105 Å². The van der Waals surface area contributed by atoms with E-state index in [0.717, 1.165) is 45.5 Å². The van der Waals surface area contributed by atoms with E-state index in [1.807, 2.05) is 47.2 Å². The molecule has 2 amide bonds. The van der Waals surface area contributed by atoms with Crippen LogP contribution in [-0.2, 0) is 15.0 Å². The molecule has 1 aromatic heterocycles. The number of urea groups is 1. The number of amides is 2. The largest absolute Gasteiger partial charge is 0.383 e. The molecule has 0 bridgehead atoms. The molecule has 8 nitrogen and oxygen atoms in total. The van der Waals surface area contributed by atoms with Crippen molar-refractivity contribution >= 4 is 22.0 Å². The van der Waals surface area contributed by atoms with Crippen molar-refractivity contribution in [3.63, 3.8) is 0 Å². The monoisotopic (exact) mass is 681 g/mol. The maximum atomic E-state index is 14.5. The van der Waals surface area contributed by atoms with Crippen LogP contribution >= 0.6 is 15.9 Å². The van der Waals surface area contributed by atoms with Gasteiger partial charge in [0.15, 0.2) is 11.6 Å². The third-order valence-corrected chi connectivity index (χ3v) is 10.0. The number of carbonyl (C=O) groups excluding carboxylic acids is 1. The number of halogens is 3. The maximum absolute atomic E-state index is 14.5. The van der Waals surface area contributed by atoms with E-state index < -0.39 is 23.2 Å². The fraction of sp³-hybridized carbons (Fsp3) is 0.412. The maximum Gasteiger partial charge on any atom is 0.313 e. The molecule has 0 radical (unpaired) electrons. The summed E-state index contributed by atoms with van der Waals surface area (Å²) >= 11 is 3.93. The van der Waals surface area contributed by atoms with Crippen LogP contribution in [0.3, 0.4) is 0 Å². The number of benzene rings is 2. The van der Waals surface area contributed by atoms with Gasteiger partial charge < -0.3 is 20.5 Å². The van der Waals surface area contributed by atoms with Gasteiger partial charge in [0.1, 0.15) is 5.54 Å². The molecule has 45 heavy (non-hydrogen) atoms. The Hall–Kier alpha value is -3.38. The van der Waals surface area contributed by atoms with Gasteiger partial charge in [-0.25, -0.2) is 18.3 Å². The van der Waals surface area contributed by atoms with E-state index in [-0.39, 0.29) is 17.8 Å². The first kappa shape index (κ1) is 31.6. The molecule has 238 valence electrons. The minimum Gasteiger partial charge on any atom is -0.383 e. The lowest BCUT2D eigenvalue weighted by Gasteiger charge is -2.37. The SMILES string of the molecule is COCCN1C[C@H](C2=CC=CC(NC(N)=O)(c3c(Br)c(C4CCOCC4)nn3-c3ccccc3)C2)[C@H](c2ccc(F)c(F)c2)C1. The lowest BCUT2D eigenvalue weighted by Crippen LogP contribution is -2.49. The van der Waals surface area contributed by atoms with Crippen LogP contribution in [0.25, 0.3) is 5.69 Å². The number of nitrogens with two attached hydrogens (primary N) is 1. The normalized spacial score (nSPS) is 24.1. The molecule has 3 aromatic rings. The van der Waals surface area contributed by atoms with E-state index in [1.54, 1.807) is 13.2 Å². The third kappa shape index (κ3) is 6.49. The van der Waals surface area contributed by atoms with Gasteiger partial charge in [-0.1, -0.05) is 48.1 Å². The Bertz CT molecular complexity index is 1590. The number of para-hydroxylation sites is 1. The van der Waals surface area contributed by atoms with E-state index in [4.69, 9.17) is 20.3 Å². The number of likely N-dealkylation sites (tertiary alicyclic amines) is 1. The Kier molecular flexibility index (Phi) is 9.51. The molecule has 2 fully saturated rings. The second kappa shape index (κ2) is 13.5. The zero-order valence-electron chi connectivity index (χ0n) is 25.2. The minimum atomic E-state index is -1.04. The Labute approximate surface area is 270 Å². The first-order valence-corrected chi connectivity index (χ1v) is 16.1. The number of ether oxygens (including phenoxy) is 2. The van der Waals surface area contributed by atoms with Gasteiger partial charge in [-0.2, -0.15) is 5.10 Å². The molecule has 0 saturated carbocycles. The van der Waals surface area contributed by atoms with Gasteiger partial charge in [-0.05, 0) is 58.6 Å². The molecule has 1 unspecified atom stereocenters. The lowest BCUT2D eigenvalue weighted by atomic mass is 9.74. The number of hydrogen-bond acceptors (Lipinski definition) is 5. The molecule has 3 aliphatic rings. The van der Waals surface area contributed by atoms with Crippen molar-refractivity contribution < 1.29 is 23.0 Å². The van der Waals surface area contributed by atoms with Gasteiger partial charge in [0, 0.05) is 64.1 Å². The van der Waals surface area contributed by atoms with Crippen molar-refractivity contribution in [3.8, 4) is 5.69 Å². The highest BCUT2D eigenvalue weighted by molar-refractivity contribution is 9.10. The molecule has 1 aliphatic carbocycles. The van der Waals surface area contributed by atoms with E-state index in [0.29, 0.717) is 45.9 Å². The number of allylic oxidation sites excluding steroid dienone is 2. The van der Waals surface area contributed by atoms with Crippen LogP contribution in [0.15, 0.2) is 76.8 Å². The second-order valence-electron chi connectivity index (χ2n) is 12.1. The molecule has 2 aliphatic heterocycles. The fourth-order valence-electron chi connectivity index (χ4n) is 7.09. The summed E-state index contributed by atoms with van der Waals surface area (Å²) in [5.74, 6) is -1.67. The molecule has 3 atom stereocenters. The smallest absolute Gasteiger partial charge is 0.313 e. The highest BCUT2D eigenvalue weighted by Gasteiger charge is 2.45. The lowest BCUT2D eigenvalue weighted by molar-refractivity contribution is 0.0843. The first-order valence-electron chi connectivity index (χ1n) is 15.3. The summed E-state index contributed by atoms with van der Waals surface area (Å²) < 4.78 is 42.1. The Morgan fingerprint density at radius 1 is 1.13 bits per heavy atom. The number of nitrogens with one attached hydrogen (secondary N) is 1. The van der Waals surface area contributed by atoms with Crippen molar-refractivity contribution in [1.82, 2.24) is 20.0 Å². The fourth-order valence-corrected chi connectivity index (χ4v) is 8.02. The number of rotatable bonds is 9. The van der Waals surface area contributed by atoms with Crippen LogP contribution in [0.4, 0.5) is 13.6 Å². The Balaban J connectivity index is 1.44. The van der Waals surface area contributed by atoms with E-state index in [2.05, 4.69) is 32.2 Å². The van der Waals surface area contributed by atoms with Crippen LogP contribution < -0.4 is 11.1 Å². The number of carbonyl (C=O) groups is 1. The van der Waals surface area contributed by atoms with Crippen molar-refractivity contribution in [1.29, 1.82) is 0 Å². The number of nitrogens with zero attached hydrogens (tertiary/aromatic N) is 3. The van der Waals surface area contributed by atoms with Crippen molar-refractivity contribution in [2.45, 2.75) is 36.6 Å². The number of aromatic nitrogens is 2. The average Bonchev–Trinajstić information content (AvgIpc) is 3.64. The summed E-state index contributed by atoms with van der Waals surface area (Å²) in [5, 5.41) is 8.25. The molecule has 6 rings (SSSR count). The standard InChI is InChI=1S/C34H38BrF2N5O3/c1-44-17-14-41-20-26(23-9-10-28(36)29(37)18-23)27(21-41)24-6-5-13-34(19-24,39-33(38)43)32-30(35)31(22-11-15-45-16-12-22)40-42(32)25-7-3-2-4-8-25/h2-10,13,18,22,26-27H,11-12,14-17,19-21H2,1H3,(H3,38,39,43)/t26-,27+,34?/m0/s1. The zero-order valence-corrected chi connectivity index (χ0v) is 26.8. The Morgan fingerprint density at radius 2 is 1.89 bits per heavy atom. The van der Waals surface area contributed by atoms with E-state index in [9.17, 15) is 13.6 Å². The quantitative estimate of drug-likeness (QED) is 0.293. The predicted molar refractivity (Wildman–Crippen MR) is 171 cm³/mol. The second-order valence-corrected chi connectivity index (χ2v) is 12.9. The summed E-state index contributed by atoms with van der Waals surface area (Å²) in [4.78, 5) is 15.1. The van der Waals surface area contributed by atoms with Crippen molar-refractivity contribution in [2.75, 3.05) is 46.6 Å². The average molecular weight is 683 g/mol. The molecular formula is C34H38BrF2N5O3. The van der Waals surface area contributed by atoms with Crippen LogP contribution in [-0.4, -0.2) is 67.3 Å². The van der Waals surface area contributed by atoms with Gasteiger partial charge in [-0.3, -0.25) is 4.90 Å². The number of methoxy groups -OCH3 is 1. The van der Waals surface area contributed by atoms with Crippen LogP contribution in [0.5, 0.6) is 0 Å². The molecule has 11 heteroatoms. The highest BCUT2D eigenvalue weighted by atomic mass is 79.9. The van der Waals surface area contributed by atoms with Gasteiger partial charge in [0.25, 0.3) is 0 Å². The molecule has 0 spiro atoms. The third-order valence-electron chi connectivity index (χ3n) is 9.26. The molecule has 3 heterocycles. The van der Waals surface area contributed by atoms with Gasteiger partial charge >= 0.3 is 6.03 Å². The van der Waals surface area contributed by atoms with Crippen LogP contribution in [0, 0.1) is 17.6 Å². The molecule has 3 N–H and O–H groups in total. The topological polar surface area (TPSA) is 94.6 Å². The summed E-state index contributed by atoms with van der Waals surface area (Å²) in [5.41, 5.74) is 9.20. The molecule has 2 aromatic carbocycles. The summed E-state index contributed by atoms with van der Waals surface area (Å²) in [6, 6.07) is 13.4. The van der Waals surface area contributed by atoms with Gasteiger partial charge in [0.2, 0.25) is 0 Å². The first-order chi connectivity index (χ1) is 21.8. The molecule has 2 saturated heterocycles. The van der Waals surface area contributed by atoms with Crippen LogP contribution in [0.2, 0.25) is 0 Å². The summed E-state index contributed by atoms with van der Waals surface area (Å²) in [6.45, 7) is 3.95. The highest BCUT2D eigenvalue weighted by Crippen LogP contribution is 2.47. The zero-order chi connectivity index (χ0) is 31.6. The van der Waals surface area contributed by atoms with Crippen LogP contribution in [0.1, 0.15) is 48.0 Å². The minimum absolute atomic E-state index is 0.0347. The van der Waals surface area contributed by atoms with Gasteiger partial charge in [-0.15, -0.1) is 0 Å².